The molecule has 0 aliphatic carbocycles. The van der Waals surface area contributed by atoms with Crippen molar-refractivity contribution in [3.05, 3.63) is 52.8 Å². The van der Waals surface area contributed by atoms with Gasteiger partial charge in [0.1, 0.15) is 17.5 Å². The summed E-state index contributed by atoms with van der Waals surface area (Å²) in [5, 5.41) is 2.71. The average Bonchev–Trinajstić information content (AvgIpc) is 2.62. The van der Waals surface area contributed by atoms with Crippen molar-refractivity contribution in [2.24, 2.45) is 0 Å². The zero-order chi connectivity index (χ0) is 18.7. The average molecular weight is 413 g/mol. The van der Waals surface area contributed by atoms with Crippen molar-refractivity contribution in [3.63, 3.8) is 0 Å². The lowest BCUT2D eigenvalue weighted by Crippen LogP contribution is -2.42. The summed E-state index contributed by atoms with van der Waals surface area (Å²) in [5.41, 5.74) is -0.176. The maximum absolute atomic E-state index is 13.9. The number of rotatable bonds is 4. The van der Waals surface area contributed by atoms with Crippen LogP contribution in [0.4, 0.5) is 16.0 Å². The topological polar surface area (TPSA) is 48.5 Å². The van der Waals surface area contributed by atoms with Gasteiger partial charge in [-0.15, -0.1) is 12.4 Å². The van der Waals surface area contributed by atoms with Gasteiger partial charge in [-0.05, 0) is 57.2 Å². The van der Waals surface area contributed by atoms with E-state index in [4.69, 9.17) is 11.6 Å². The smallest absolute Gasteiger partial charge is 0.261 e. The summed E-state index contributed by atoms with van der Waals surface area (Å²) in [6, 6.07) is 9.97. The van der Waals surface area contributed by atoms with Crippen LogP contribution in [0.1, 0.15) is 23.2 Å². The molecule has 1 saturated heterocycles. The first-order chi connectivity index (χ1) is 12.5. The number of pyridine rings is 1. The molecule has 5 nitrogen and oxygen atoms in total. The SMILES string of the molecule is CN1CCC(N(C)c2cccc(NC(=O)c3c(F)cccc3Cl)n2)CC1.Cl. The van der Waals surface area contributed by atoms with Crippen molar-refractivity contribution >= 4 is 41.6 Å². The molecule has 0 spiro atoms. The molecular weight excluding hydrogens is 390 g/mol. The molecule has 3 rings (SSSR count). The number of aromatic nitrogens is 1. The fourth-order valence-corrected chi connectivity index (χ4v) is 3.40. The zero-order valence-corrected chi connectivity index (χ0v) is 16.9. The molecule has 146 valence electrons. The molecule has 27 heavy (non-hydrogen) atoms. The Kier molecular flexibility index (Phi) is 7.41. The van der Waals surface area contributed by atoms with Crippen molar-refractivity contribution in [2.75, 3.05) is 37.4 Å². The van der Waals surface area contributed by atoms with E-state index in [1.807, 2.05) is 19.2 Å². The Morgan fingerprint density at radius 2 is 1.93 bits per heavy atom. The molecule has 1 N–H and O–H groups in total. The number of piperidine rings is 1. The van der Waals surface area contributed by atoms with Crippen LogP contribution < -0.4 is 10.2 Å². The molecule has 1 aromatic carbocycles. The third-order valence-electron chi connectivity index (χ3n) is 4.76. The largest absolute Gasteiger partial charge is 0.357 e. The van der Waals surface area contributed by atoms with E-state index in [9.17, 15) is 9.18 Å². The van der Waals surface area contributed by atoms with Gasteiger partial charge >= 0.3 is 0 Å². The first-order valence-electron chi connectivity index (χ1n) is 8.59. The maximum Gasteiger partial charge on any atom is 0.261 e. The molecule has 1 aliphatic heterocycles. The van der Waals surface area contributed by atoms with Gasteiger partial charge in [0.25, 0.3) is 5.91 Å². The molecule has 0 atom stereocenters. The van der Waals surface area contributed by atoms with Crippen molar-refractivity contribution in [3.8, 4) is 0 Å². The molecular formula is C19H23Cl2FN4O. The minimum atomic E-state index is -0.658. The zero-order valence-electron chi connectivity index (χ0n) is 15.3. The maximum atomic E-state index is 13.9. The second-order valence-electron chi connectivity index (χ2n) is 6.58. The third-order valence-corrected chi connectivity index (χ3v) is 5.08. The first kappa shape index (κ1) is 21.4. The van der Waals surface area contributed by atoms with Crippen molar-refractivity contribution in [2.45, 2.75) is 18.9 Å². The lowest BCUT2D eigenvalue weighted by Gasteiger charge is -2.35. The summed E-state index contributed by atoms with van der Waals surface area (Å²) < 4.78 is 13.9. The van der Waals surface area contributed by atoms with Crippen molar-refractivity contribution in [1.82, 2.24) is 9.88 Å². The van der Waals surface area contributed by atoms with Crippen LogP contribution in [0.5, 0.6) is 0 Å². The van der Waals surface area contributed by atoms with Gasteiger partial charge in [-0.1, -0.05) is 23.7 Å². The van der Waals surface area contributed by atoms with E-state index in [-0.39, 0.29) is 23.0 Å². The number of carbonyl (C=O) groups is 1. The van der Waals surface area contributed by atoms with E-state index in [2.05, 4.69) is 27.1 Å². The van der Waals surface area contributed by atoms with Crippen LogP contribution in [-0.4, -0.2) is 49.0 Å². The number of nitrogens with zero attached hydrogens (tertiary/aromatic N) is 3. The van der Waals surface area contributed by atoms with E-state index in [0.717, 1.165) is 31.7 Å². The van der Waals surface area contributed by atoms with E-state index >= 15 is 0 Å². The Bertz CT molecular complexity index is 777. The highest BCUT2D eigenvalue weighted by molar-refractivity contribution is 6.34. The summed E-state index contributed by atoms with van der Waals surface area (Å²) in [6.07, 6.45) is 2.13. The second-order valence-corrected chi connectivity index (χ2v) is 6.98. The highest BCUT2D eigenvalue weighted by atomic mass is 35.5. The number of nitrogens with one attached hydrogen (secondary N) is 1. The fraction of sp³-hybridized carbons (Fsp3) is 0.368. The molecule has 0 radical (unpaired) electrons. The normalized spacial score (nSPS) is 15.1. The van der Waals surface area contributed by atoms with Crippen molar-refractivity contribution in [1.29, 1.82) is 0 Å². The minimum Gasteiger partial charge on any atom is -0.357 e. The van der Waals surface area contributed by atoms with Gasteiger partial charge in [0.15, 0.2) is 0 Å². The molecule has 2 aromatic rings. The van der Waals surface area contributed by atoms with Crippen LogP contribution in [0.25, 0.3) is 0 Å². The van der Waals surface area contributed by atoms with E-state index in [0.29, 0.717) is 11.9 Å². The van der Waals surface area contributed by atoms with Crippen LogP contribution in [-0.2, 0) is 0 Å². The standard InChI is InChI=1S/C19H22ClFN4O.ClH/c1-24-11-9-13(10-12-24)25(2)17-8-4-7-16(22-17)23-19(26)18-14(20)5-3-6-15(18)21;/h3-8,13H,9-12H2,1-2H3,(H,22,23,26);1H. The summed E-state index contributed by atoms with van der Waals surface area (Å²) in [7, 11) is 4.14. The third kappa shape index (κ3) is 5.09. The Balaban J connectivity index is 0.00000261. The van der Waals surface area contributed by atoms with E-state index in [1.54, 1.807) is 6.07 Å². The molecule has 1 aliphatic rings. The molecule has 0 unspecified atom stereocenters. The lowest BCUT2D eigenvalue weighted by molar-refractivity contribution is 0.102. The quantitative estimate of drug-likeness (QED) is 0.821. The minimum absolute atomic E-state index is 0. The number of amides is 1. The molecule has 1 aromatic heterocycles. The number of hydrogen-bond acceptors (Lipinski definition) is 4. The molecule has 0 saturated carbocycles. The predicted molar refractivity (Wildman–Crippen MR) is 110 cm³/mol. The van der Waals surface area contributed by atoms with Crippen LogP contribution in [0, 0.1) is 5.82 Å². The fourth-order valence-electron chi connectivity index (χ4n) is 3.15. The summed E-state index contributed by atoms with van der Waals surface area (Å²) in [6.45, 7) is 2.11. The molecule has 1 fully saturated rings. The molecule has 1 amide bonds. The number of hydrogen-bond donors (Lipinski definition) is 1. The highest BCUT2D eigenvalue weighted by Crippen LogP contribution is 2.23. The van der Waals surface area contributed by atoms with E-state index in [1.165, 1.54) is 18.2 Å². The number of halogens is 3. The van der Waals surface area contributed by atoms with Crippen molar-refractivity contribution < 1.29 is 9.18 Å². The Morgan fingerprint density at radius 1 is 1.26 bits per heavy atom. The summed E-state index contributed by atoms with van der Waals surface area (Å²) in [5.74, 6) is -0.127. The van der Waals surface area contributed by atoms with Gasteiger partial charge in [0.2, 0.25) is 0 Å². The van der Waals surface area contributed by atoms with Gasteiger partial charge in [-0.25, -0.2) is 9.37 Å². The molecule has 8 heteroatoms. The lowest BCUT2D eigenvalue weighted by atomic mass is 10.0. The molecule has 0 bridgehead atoms. The number of likely N-dealkylation sites (tertiary alicyclic amines) is 1. The highest BCUT2D eigenvalue weighted by Gasteiger charge is 2.22. The second kappa shape index (κ2) is 9.35. The van der Waals surface area contributed by atoms with Crippen LogP contribution >= 0.6 is 24.0 Å². The Labute approximate surface area is 169 Å². The predicted octanol–water partition coefficient (Wildman–Crippen LogP) is 4.08. The van der Waals surface area contributed by atoms with Crippen LogP contribution in [0.2, 0.25) is 5.02 Å². The van der Waals surface area contributed by atoms with Gasteiger partial charge in [-0.3, -0.25) is 4.79 Å². The van der Waals surface area contributed by atoms with Gasteiger partial charge in [-0.2, -0.15) is 0 Å². The monoisotopic (exact) mass is 412 g/mol. The number of anilines is 2. The summed E-state index contributed by atoms with van der Waals surface area (Å²) in [4.78, 5) is 21.3. The number of carbonyl (C=O) groups excluding carboxylic acids is 1. The van der Waals surface area contributed by atoms with Crippen LogP contribution in [0.15, 0.2) is 36.4 Å². The van der Waals surface area contributed by atoms with E-state index < -0.39 is 11.7 Å². The molecule has 2 heterocycles. The van der Waals surface area contributed by atoms with Gasteiger partial charge in [0.05, 0.1) is 10.6 Å². The first-order valence-corrected chi connectivity index (χ1v) is 8.97. The van der Waals surface area contributed by atoms with Gasteiger partial charge < -0.3 is 15.1 Å². The summed E-state index contributed by atoms with van der Waals surface area (Å²) >= 11 is 5.95. The van der Waals surface area contributed by atoms with Crippen LogP contribution in [0.3, 0.4) is 0 Å². The van der Waals surface area contributed by atoms with Gasteiger partial charge in [0, 0.05) is 13.1 Å². The Hall–Kier alpha value is -1.89. The Morgan fingerprint density at radius 3 is 2.59 bits per heavy atom. The number of benzene rings is 1.